The molecule has 96 valence electrons. The van der Waals surface area contributed by atoms with Crippen LogP contribution >= 0.6 is 22.6 Å². The van der Waals surface area contributed by atoms with Crippen LogP contribution in [0.3, 0.4) is 0 Å². The quantitative estimate of drug-likeness (QED) is 0.834. The molecule has 1 heterocycles. The van der Waals surface area contributed by atoms with Crippen molar-refractivity contribution >= 4 is 28.4 Å². The van der Waals surface area contributed by atoms with Crippen molar-refractivity contribution in [3.63, 3.8) is 0 Å². The zero-order chi connectivity index (χ0) is 13.0. The van der Waals surface area contributed by atoms with E-state index in [0.29, 0.717) is 17.7 Å². The molecule has 1 aromatic heterocycles. The summed E-state index contributed by atoms with van der Waals surface area (Å²) in [6, 6.07) is 8.54. The number of anilines is 1. The van der Waals surface area contributed by atoms with Gasteiger partial charge in [0.2, 0.25) is 0 Å². The largest absolute Gasteiger partial charge is 0.383 e. The fourth-order valence-corrected chi connectivity index (χ4v) is 3.46. The Hall–Kier alpha value is -1.17. The molecule has 2 N–H and O–H groups in total. The zero-order valence-electron chi connectivity index (χ0n) is 10.4. The lowest BCUT2D eigenvalue weighted by molar-refractivity contribution is 0.653. The lowest BCUT2D eigenvalue weighted by atomic mass is 9.77. The zero-order valence-corrected chi connectivity index (χ0v) is 12.6. The molecule has 3 nitrogen and oxygen atoms in total. The van der Waals surface area contributed by atoms with E-state index in [1.807, 2.05) is 0 Å². The second kappa shape index (κ2) is 4.16. The van der Waals surface area contributed by atoms with Crippen molar-refractivity contribution in [3.05, 3.63) is 50.5 Å². The molecule has 0 amide bonds. The van der Waals surface area contributed by atoms with Gasteiger partial charge < -0.3 is 5.73 Å². The molecule has 1 saturated carbocycles. The van der Waals surface area contributed by atoms with Crippen LogP contribution < -0.4 is 5.73 Å². The fraction of sp³-hybridized carbons (Fsp3) is 0.333. The molecule has 4 heteroatoms. The Morgan fingerprint density at radius 3 is 2.68 bits per heavy atom. The topological polar surface area (TPSA) is 51.8 Å². The summed E-state index contributed by atoms with van der Waals surface area (Å²) in [5.41, 5.74) is 10.0. The molecule has 0 aliphatic heterocycles. The van der Waals surface area contributed by atoms with E-state index in [1.54, 1.807) is 0 Å². The third-order valence-corrected chi connectivity index (χ3v) is 5.16. The molecule has 19 heavy (non-hydrogen) atoms. The van der Waals surface area contributed by atoms with Crippen molar-refractivity contribution in [1.82, 2.24) is 9.97 Å². The summed E-state index contributed by atoms with van der Waals surface area (Å²) in [6.07, 6.45) is 3.53. The van der Waals surface area contributed by atoms with Gasteiger partial charge in [-0.05, 0) is 53.0 Å². The van der Waals surface area contributed by atoms with E-state index in [-0.39, 0.29) is 0 Å². The van der Waals surface area contributed by atoms with Gasteiger partial charge in [-0.2, -0.15) is 0 Å². The standard InChI is InChI=1S/C15H14IN3/c16-12-13(8-5-6-8)18-15(19-14(12)17)11-7-9-3-1-2-4-10(9)11/h1-4,8,11H,5-7H2,(H2,17,18,19). The third kappa shape index (κ3) is 1.84. The second-order valence-corrected chi connectivity index (χ2v) is 6.47. The van der Waals surface area contributed by atoms with Crippen LogP contribution in [-0.2, 0) is 6.42 Å². The molecule has 2 aliphatic carbocycles. The summed E-state index contributed by atoms with van der Waals surface area (Å²) in [5, 5.41) is 0. The number of nitrogens with two attached hydrogens (primary N) is 1. The van der Waals surface area contributed by atoms with E-state index in [1.165, 1.54) is 29.7 Å². The van der Waals surface area contributed by atoms with Crippen LogP contribution in [0, 0.1) is 3.57 Å². The molecule has 1 fully saturated rings. The summed E-state index contributed by atoms with van der Waals surface area (Å²) in [7, 11) is 0. The number of nitrogen functional groups attached to an aromatic ring is 1. The summed E-state index contributed by atoms with van der Waals surface area (Å²) >= 11 is 2.28. The summed E-state index contributed by atoms with van der Waals surface area (Å²) < 4.78 is 1.05. The number of aromatic nitrogens is 2. The van der Waals surface area contributed by atoms with Gasteiger partial charge in [-0.1, -0.05) is 24.3 Å². The highest BCUT2D eigenvalue weighted by Gasteiger charge is 2.33. The van der Waals surface area contributed by atoms with Gasteiger partial charge in [0.25, 0.3) is 0 Å². The van der Waals surface area contributed by atoms with Crippen molar-refractivity contribution in [2.75, 3.05) is 5.73 Å². The Bertz CT molecular complexity index is 664. The highest BCUT2D eigenvalue weighted by molar-refractivity contribution is 14.1. The summed E-state index contributed by atoms with van der Waals surface area (Å²) in [4.78, 5) is 9.34. The molecule has 1 aromatic carbocycles. The minimum absolute atomic E-state index is 0.341. The first-order valence-electron chi connectivity index (χ1n) is 6.64. The number of halogens is 1. The van der Waals surface area contributed by atoms with E-state index in [2.05, 4.69) is 51.8 Å². The number of benzene rings is 1. The van der Waals surface area contributed by atoms with Crippen LogP contribution in [0.2, 0.25) is 0 Å². The average molecular weight is 363 g/mol. The highest BCUT2D eigenvalue weighted by Crippen LogP contribution is 2.44. The first-order valence-corrected chi connectivity index (χ1v) is 7.72. The Labute approximate surface area is 125 Å². The Balaban J connectivity index is 1.77. The number of nitrogens with zero attached hydrogens (tertiary/aromatic N) is 2. The van der Waals surface area contributed by atoms with Gasteiger partial charge in [0.1, 0.15) is 11.6 Å². The molecule has 0 bridgehead atoms. The van der Waals surface area contributed by atoms with E-state index >= 15 is 0 Å². The van der Waals surface area contributed by atoms with Gasteiger partial charge in [-0.15, -0.1) is 0 Å². The molecule has 2 aliphatic rings. The molecule has 0 saturated heterocycles. The predicted molar refractivity (Wildman–Crippen MR) is 83.1 cm³/mol. The number of hydrogen-bond acceptors (Lipinski definition) is 3. The van der Waals surface area contributed by atoms with E-state index in [4.69, 9.17) is 10.7 Å². The molecule has 4 rings (SSSR count). The molecule has 2 aromatic rings. The maximum Gasteiger partial charge on any atom is 0.140 e. The minimum Gasteiger partial charge on any atom is -0.383 e. The first-order chi connectivity index (χ1) is 9.24. The lowest BCUT2D eigenvalue weighted by Gasteiger charge is -2.29. The van der Waals surface area contributed by atoms with Crippen LogP contribution in [-0.4, -0.2) is 9.97 Å². The fourth-order valence-electron chi connectivity index (χ4n) is 2.77. The summed E-state index contributed by atoms with van der Waals surface area (Å²) in [5.74, 6) is 2.52. The van der Waals surface area contributed by atoms with Crippen molar-refractivity contribution < 1.29 is 0 Å². The SMILES string of the molecule is Nc1nc(C2Cc3ccccc32)nc(C2CC2)c1I. The Morgan fingerprint density at radius 2 is 1.95 bits per heavy atom. The molecular weight excluding hydrogens is 349 g/mol. The van der Waals surface area contributed by atoms with Crippen LogP contribution in [0.25, 0.3) is 0 Å². The van der Waals surface area contributed by atoms with Crippen LogP contribution in [0.15, 0.2) is 24.3 Å². The van der Waals surface area contributed by atoms with E-state index < -0.39 is 0 Å². The van der Waals surface area contributed by atoms with E-state index in [0.717, 1.165) is 15.8 Å². The van der Waals surface area contributed by atoms with Gasteiger partial charge in [-0.3, -0.25) is 0 Å². The Kier molecular flexibility index (Phi) is 2.55. The monoisotopic (exact) mass is 363 g/mol. The molecule has 0 spiro atoms. The minimum atomic E-state index is 0.341. The molecule has 1 atom stereocenters. The third-order valence-electron chi connectivity index (χ3n) is 4.05. The predicted octanol–water partition coefficient (Wildman–Crippen LogP) is 3.23. The van der Waals surface area contributed by atoms with Gasteiger partial charge in [-0.25, -0.2) is 9.97 Å². The summed E-state index contributed by atoms with van der Waals surface area (Å²) in [6.45, 7) is 0. The number of hydrogen-bond donors (Lipinski definition) is 1. The number of fused-ring (bicyclic) bond motifs is 1. The van der Waals surface area contributed by atoms with Gasteiger partial charge in [0.05, 0.1) is 9.26 Å². The normalized spacial score (nSPS) is 20.8. The maximum atomic E-state index is 6.06. The maximum absolute atomic E-state index is 6.06. The average Bonchev–Trinajstić information content (AvgIpc) is 3.19. The highest BCUT2D eigenvalue weighted by atomic mass is 127. The van der Waals surface area contributed by atoms with Crippen LogP contribution in [0.5, 0.6) is 0 Å². The molecule has 0 radical (unpaired) electrons. The molecular formula is C15H14IN3. The van der Waals surface area contributed by atoms with Gasteiger partial charge >= 0.3 is 0 Å². The molecule has 1 unspecified atom stereocenters. The van der Waals surface area contributed by atoms with Crippen molar-refractivity contribution in [3.8, 4) is 0 Å². The van der Waals surface area contributed by atoms with Crippen LogP contribution in [0.4, 0.5) is 5.82 Å². The second-order valence-electron chi connectivity index (χ2n) is 5.40. The van der Waals surface area contributed by atoms with Gasteiger partial charge in [0, 0.05) is 11.8 Å². The Morgan fingerprint density at radius 1 is 1.16 bits per heavy atom. The first kappa shape index (κ1) is 11.6. The smallest absolute Gasteiger partial charge is 0.140 e. The van der Waals surface area contributed by atoms with E-state index in [9.17, 15) is 0 Å². The lowest BCUT2D eigenvalue weighted by Crippen LogP contribution is -2.22. The van der Waals surface area contributed by atoms with Crippen molar-refractivity contribution in [1.29, 1.82) is 0 Å². The van der Waals surface area contributed by atoms with Crippen molar-refractivity contribution in [2.45, 2.75) is 31.1 Å². The number of rotatable bonds is 2. The van der Waals surface area contributed by atoms with Gasteiger partial charge in [0.15, 0.2) is 0 Å². The van der Waals surface area contributed by atoms with Crippen molar-refractivity contribution in [2.24, 2.45) is 0 Å². The van der Waals surface area contributed by atoms with Crippen LogP contribution in [0.1, 0.15) is 47.3 Å².